The number of ether oxygens (including phenoxy) is 4. The summed E-state index contributed by atoms with van der Waals surface area (Å²) in [6, 6.07) is 11.8. The molecule has 0 saturated heterocycles. The van der Waals surface area contributed by atoms with Gasteiger partial charge in [0.05, 0.1) is 17.6 Å². The van der Waals surface area contributed by atoms with E-state index >= 15 is 0 Å². The van der Waals surface area contributed by atoms with E-state index in [1.807, 2.05) is 18.2 Å². The minimum absolute atomic E-state index is 0.173. The first-order chi connectivity index (χ1) is 19.3. The molecule has 1 N–H and O–H groups in total. The molecule has 1 aromatic heterocycles. The molecular formula is C30H30FNO7S. The van der Waals surface area contributed by atoms with Crippen molar-refractivity contribution < 1.29 is 37.7 Å². The van der Waals surface area contributed by atoms with Crippen LogP contribution in [0.25, 0.3) is 0 Å². The number of nitrogens with one attached hydrogen (secondary N) is 1. The zero-order chi connectivity index (χ0) is 28.3. The fourth-order valence-electron chi connectivity index (χ4n) is 5.35. The Labute approximate surface area is 235 Å². The third-order valence-electron chi connectivity index (χ3n) is 7.35. The Bertz CT molecular complexity index is 1440. The lowest BCUT2D eigenvalue weighted by Crippen LogP contribution is -2.37. The number of benzene rings is 2. The summed E-state index contributed by atoms with van der Waals surface area (Å²) in [5.74, 6) is -0.907. The zero-order valence-corrected chi connectivity index (χ0v) is 23.2. The Balaban J connectivity index is 1.32. The third kappa shape index (κ3) is 5.40. The smallest absolute Gasteiger partial charge is 0.341 e. The van der Waals surface area contributed by atoms with Gasteiger partial charge in [0, 0.05) is 16.9 Å². The Morgan fingerprint density at radius 2 is 1.80 bits per heavy atom. The summed E-state index contributed by atoms with van der Waals surface area (Å²) in [7, 11) is 0. The lowest BCUT2D eigenvalue weighted by Gasteiger charge is -2.27. The SMILES string of the molecule is CCOC(=O)c1c(NC(=O)COC(=O)C2(c3ccccc3F)CCCC2)sc(Cc2ccc3c(c2)OCO3)c1C. The van der Waals surface area contributed by atoms with Crippen LogP contribution in [0.2, 0.25) is 0 Å². The highest BCUT2D eigenvalue weighted by molar-refractivity contribution is 7.17. The van der Waals surface area contributed by atoms with Gasteiger partial charge in [0.15, 0.2) is 18.1 Å². The summed E-state index contributed by atoms with van der Waals surface area (Å²) in [6.45, 7) is 3.30. The van der Waals surface area contributed by atoms with E-state index in [2.05, 4.69) is 5.32 Å². The van der Waals surface area contributed by atoms with Gasteiger partial charge >= 0.3 is 11.9 Å². The van der Waals surface area contributed by atoms with Crippen molar-refractivity contribution in [2.24, 2.45) is 0 Å². The molecule has 2 heterocycles. The van der Waals surface area contributed by atoms with Crippen molar-refractivity contribution in [2.45, 2.75) is 51.4 Å². The number of esters is 2. The summed E-state index contributed by atoms with van der Waals surface area (Å²) in [4.78, 5) is 39.9. The van der Waals surface area contributed by atoms with E-state index < -0.39 is 35.7 Å². The molecule has 40 heavy (non-hydrogen) atoms. The number of amides is 1. The maximum atomic E-state index is 14.6. The predicted octanol–water partition coefficient (Wildman–Crippen LogP) is 5.69. The van der Waals surface area contributed by atoms with Crippen LogP contribution in [-0.4, -0.2) is 37.9 Å². The first-order valence-electron chi connectivity index (χ1n) is 13.2. The summed E-state index contributed by atoms with van der Waals surface area (Å²) >= 11 is 1.26. The fraction of sp³-hybridized carbons (Fsp3) is 0.367. The standard InChI is InChI=1S/C30H30FNO7S/c1-3-36-28(34)26-18(2)24(15-19-10-11-22-23(14-19)39-17-38-22)40-27(26)32-25(33)16-37-29(35)30(12-6-7-13-30)20-8-4-5-9-21(20)31/h4-5,8-11,14H,3,6-7,12-13,15-17H2,1-2H3,(H,32,33). The molecule has 1 fully saturated rings. The second-order valence-corrected chi connectivity index (χ2v) is 10.9. The quantitative estimate of drug-likeness (QED) is 0.332. The van der Waals surface area contributed by atoms with Crippen molar-refractivity contribution in [3.05, 3.63) is 75.4 Å². The summed E-state index contributed by atoms with van der Waals surface area (Å²) < 4.78 is 36.2. The normalized spacial score (nSPS) is 15.1. The molecule has 3 aromatic rings. The predicted molar refractivity (Wildman–Crippen MR) is 147 cm³/mol. The average Bonchev–Trinajstić information content (AvgIpc) is 3.68. The summed E-state index contributed by atoms with van der Waals surface area (Å²) in [5.41, 5.74) is 1.09. The minimum atomic E-state index is -1.11. The second-order valence-electron chi connectivity index (χ2n) is 9.83. The van der Waals surface area contributed by atoms with Crippen LogP contribution < -0.4 is 14.8 Å². The minimum Gasteiger partial charge on any atom is -0.462 e. The van der Waals surface area contributed by atoms with Crippen LogP contribution in [0, 0.1) is 12.7 Å². The highest BCUT2D eigenvalue weighted by Gasteiger charge is 2.46. The molecule has 0 spiro atoms. The third-order valence-corrected chi connectivity index (χ3v) is 8.56. The molecule has 0 bridgehead atoms. The van der Waals surface area contributed by atoms with E-state index in [-0.39, 0.29) is 19.0 Å². The van der Waals surface area contributed by atoms with Crippen LogP contribution >= 0.6 is 11.3 Å². The molecular weight excluding hydrogens is 537 g/mol. The van der Waals surface area contributed by atoms with Gasteiger partial charge in [-0.15, -0.1) is 11.3 Å². The Hall–Kier alpha value is -3.92. The van der Waals surface area contributed by atoms with Crippen molar-refractivity contribution in [3.8, 4) is 11.5 Å². The Kier molecular flexibility index (Phi) is 8.07. The number of anilines is 1. The molecule has 0 unspecified atom stereocenters. The van der Waals surface area contributed by atoms with Gasteiger partial charge in [-0.3, -0.25) is 9.59 Å². The van der Waals surface area contributed by atoms with E-state index in [9.17, 15) is 18.8 Å². The van der Waals surface area contributed by atoms with Gasteiger partial charge < -0.3 is 24.3 Å². The number of rotatable bonds is 9. The van der Waals surface area contributed by atoms with Gasteiger partial charge in [0.1, 0.15) is 10.8 Å². The molecule has 2 aliphatic rings. The molecule has 210 valence electrons. The van der Waals surface area contributed by atoms with Crippen molar-refractivity contribution in [2.75, 3.05) is 25.3 Å². The molecule has 1 aliphatic carbocycles. The highest BCUT2D eigenvalue weighted by atomic mass is 32.1. The Morgan fingerprint density at radius 1 is 1.05 bits per heavy atom. The number of carbonyl (C=O) groups is 3. The molecule has 8 nitrogen and oxygen atoms in total. The van der Waals surface area contributed by atoms with Crippen LogP contribution in [0.3, 0.4) is 0 Å². The van der Waals surface area contributed by atoms with Gasteiger partial charge in [-0.25, -0.2) is 9.18 Å². The molecule has 1 amide bonds. The van der Waals surface area contributed by atoms with Crippen LogP contribution in [0.4, 0.5) is 9.39 Å². The number of halogens is 1. The van der Waals surface area contributed by atoms with Crippen molar-refractivity contribution in [3.63, 3.8) is 0 Å². The first-order valence-corrected chi connectivity index (χ1v) is 14.0. The molecule has 10 heteroatoms. The number of thiophene rings is 1. The second kappa shape index (κ2) is 11.7. The van der Waals surface area contributed by atoms with Gasteiger partial charge in [-0.1, -0.05) is 37.1 Å². The number of fused-ring (bicyclic) bond motifs is 1. The topological polar surface area (TPSA) is 100 Å². The molecule has 2 aromatic carbocycles. The molecule has 0 atom stereocenters. The summed E-state index contributed by atoms with van der Waals surface area (Å²) in [5, 5.41) is 3.05. The lowest BCUT2D eigenvalue weighted by atomic mass is 9.78. The maximum Gasteiger partial charge on any atom is 0.341 e. The maximum absolute atomic E-state index is 14.6. The molecule has 0 radical (unpaired) electrons. The lowest BCUT2D eigenvalue weighted by molar-refractivity contribution is -0.153. The van der Waals surface area contributed by atoms with E-state index in [1.165, 1.54) is 17.4 Å². The van der Waals surface area contributed by atoms with E-state index in [1.54, 1.807) is 32.0 Å². The number of hydrogen-bond donors (Lipinski definition) is 1. The Morgan fingerprint density at radius 3 is 2.55 bits per heavy atom. The fourth-order valence-corrected chi connectivity index (χ4v) is 6.59. The molecule has 1 saturated carbocycles. The molecule has 5 rings (SSSR count). The van der Waals surface area contributed by atoms with Crippen LogP contribution in [0.15, 0.2) is 42.5 Å². The van der Waals surface area contributed by atoms with E-state index in [0.29, 0.717) is 46.9 Å². The monoisotopic (exact) mass is 567 g/mol. The first kappa shape index (κ1) is 27.6. The van der Waals surface area contributed by atoms with Crippen LogP contribution in [0.1, 0.15) is 64.5 Å². The van der Waals surface area contributed by atoms with Gasteiger partial charge in [0.25, 0.3) is 5.91 Å². The number of carbonyl (C=O) groups excluding carboxylic acids is 3. The zero-order valence-electron chi connectivity index (χ0n) is 22.3. The van der Waals surface area contributed by atoms with E-state index in [0.717, 1.165) is 23.3 Å². The summed E-state index contributed by atoms with van der Waals surface area (Å²) in [6.07, 6.45) is 2.93. The van der Waals surface area contributed by atoms with Gasteiger partial charge in [0.2, 0.25) is 6.79 Å². The van der Waals surface area contributed by atoms with Crippen molar-refractivity contribution >= 4 is 34.2 Å². The van der Waals surface area contributed by atoms with Gasteiger partial charge in [-0.2, -0.15) is 0 Å². The van der Waals surface area contributed by atoms with Crippen LogP contribution in [0.5, 0.6) is 11.5 Å². The van der Waals surface area contributed by atoms with Gasteiger partial charge in [-0.05, 0) is 56.0 Å². The van der Waals surface area contributed by atoms with Crippen LogP contribution in [-0.2, 0) is 30.9 Å². The molecule has 1 aliphatic heterocycles. The number of hydrogen-bond acceptors (Lipinski definition) is 8. The van der Waals surface area contributed by atoms with E-state index in [4.69, 9.17) is 18.9 Å². The van der Waals surface area contributed by atoms with Crippen molar-refractivity contribution in [1.29, 1.82) is 0 Å². The van der Waals surface area contributed by atoms with Crippen molar-refractivity contribution in [1.82, 2.24) is 0 Å². The largest absolute Gasteiger partial charge is 0.462 e. The average molecular weight is 568 g/mol. The highest BCUT2D eigenvalue weighted by Crippen LogP contribution is 2.43.